The zero-order valence-corrected chi connectivity index (χ0v) is 55.7. The van der Waals surface area contributed by atoms with Crippen molar-refractivity contribution < 1.29 is 42.1 Å². The van der Waals surface area contributed by atoms with Crippen molar-refractivity contribution in [3.05, 3.63) is 24.3 Å². The van der Waals surface area contributed by atoms with Crippen molar-refractivity contribution in [1.29, 1.82) is 0 Å². The highest BCUT2D eigenvalue weighted by Gasteiger charge is 2.22. The molecule has 0 fully saturated rings. The number of likely N-dealkylation sites (N-methyl/N-ethyl adjacent to an activating group) is 1. The third-order valence-corrected chi connectivity index (χ3v) is 17.2. The molecule has 0 aliphatic carbocycles. The van der Waals surface area contributed by atoms with Gasteiger partial charge in [-0.1, -0.05) is 334 Å². The maximum Gasteiger partial charge on any atom is 0.306 e. The van der Waals surface area contributed by atoms with Gasteiger partial charge in [0, 0.05) is 12.8 Å². The maximum atomic E-state index is 12.8. The highest BCUT2D eigenvalue weighted by Crippen LogP contribution is 2.38. The lowest BCUT2D eigenvalue weighted by atomic mass is 10.0. The van der Waals surface area contributed by atoms with E-state index in [1.54, 1.807) is 0 Å². The van der Waals surface area contributed by atoms with E-state index in [0.29, 0.717) is 17.4 Å². The minimum Gasteiger partial charge on any atom is -0.756 e. The van der Waals surface area contributed by atoms with Crippen LogP contribution in [0, 0.1) is 0 Å². The fraction of sp³-hybridized carbons (Fsp3) is 0.915. The van der Waals surface area contributed by atoms with Gasteiger partial charge in [0.25, 0.3) is 7.82 Å². The highest BCUT2D eigenvalue weighted by molar-refractivity contribution is 7.45. The number of phosphoric acid groups is 1. The number of carbonyl (C=O) groups excluding carboxylic acids is 2. The average molecular weight is 1160 g/mol. The number of phosphoric ester groups is 1. The van der Waals surface area contributed by atoms with Crippen LogP contribution in [0.25, 0.3) is 0 Å². The van der Waals surface area contributed by atoms with E-state index in [-0.39, 0.29) is 32.0 Å². The molecule has 0 saturated carbocycles. The van der Waals surface area contributed by atoms with Crippen molar-refractivity contribution in [2.24, 2.45) is 0 Å². The lowest BCUT2D eigenvalue weighted by Gasteiger charge is -2.28. The Morgan fingerprint density at radius 1 is 0.383 bits per heavy atom. The number of carbonyl (C=O) groups is 2. The second kappa shape index (κ2) is 63.0. The summed E-state index contributed by atoms with van der Waals surface area (Å²) in [5.74, 6) is -0.832. The standard InChI is InChI=1S/C71H138NO8P/c1-6-8-10-12-14-16-18-20-22-24-25-26-27-28-29-30-31-32-33-34-35-36-37-38-39-40-41-42-43-44-45-46-47-48-50-51-53-55-57-59-61-63-70(73)77-67-69(68-79-81(75,76)78-66-65-72(3,4)5)80-71(74)64-62-60-58-56-54-52-49-23-21-19-17-15-13-11-9-7-2/h17,19,23,49,69H,6-16,18,20-22,24-48,50-68H2,1-5H3/b19-17-,49-23-. The van der Waals surface area contributed by atoms with Crippen molar-refractivity contribution in [2.45, 2.75) is 373 Å². The van der Waals surface area contributed by atoms with Crippen molar-refractivity contribution in [1.82, 2.24) is 0 Å². The molecule has 9 nitrogen and oxygen atoms in total. The van der Waals surface area contributed by atoms with E-state index in [9.17, 15) is 19.0 Å². The summed E-state index contributed by atoms with van der Waals surface area (Å²) in [6, 6.07) is 0. The van der Waals surface area contributed by atoms with Gasteiger partial charge in [-0.05, 0) is 44.9 Å². The molecule has 0 saturated heterocycles. The third kappa shape index (κ3) is 67.5. The van der Waals surface area contributed by atoms with Crippen LogP contribution in [0.4, 0.5) is 0 Å². The van der Waals surface area contributed by atoms with Crippen LogP contribution in [0.1, 0.15) is 367 Å². The summed E-state index contributed by atoms with van der Waals surface area (Å²) in [6.07, 6.45) is 78.7. The number of quaternary nitrogens is 1. The highest BCUT2D eigenvalue weighted by atomic mass is 31.2. The molecule has 0 aromatic heterocycles. The summed E-state index contributed by atoms with van der Waals surface area (Å²) in [5, 5.41) is 0. The molecule has 0 aromatic rings. The van der Waals surface area contributed by atoms with Gasteiger partial charge < -0.3 is 27.9 Å². The molecule has 10 heteroatoms. The summed E-state index contributed by atoms with van der Waals surface area (Å²) < 4.78 is 34.2. The number of ether oxygens (including phenoxy) is 2. The SMILES string of the molecule is CCCCCC/C=C\C/C=C\CCCCCCCC(=O)OC(COC(=O)CCCCCCCCCCCCCCCCCCCCCCCCCCCCCCCCCCCCCCCCCCC)COP(=O)([O-])OCC[N+](C)(C)C. The third-order valence-electron chi connectivity index (χ3n) is 16.2. The molecule has 0 spiro atoms. The molecule has 0 aliphatic rings. The van der Waals surface area contributed by atoms with Crippen molar-refractivity contribution >= 4 is 19.8 Å². The monoisotopic (exact) mass is 1160 g/mol. The molecule has 480 valence electrons. The fourth-order valence-electron chi connectivity index (χ4n) is 10.8. The summed E-state index contributed by atoms with van der Waals surface area (Å²) in [4.78, 5) is 37.9. The lowest BCUT2D eigenvalue weighted by molar-refractivity contribution is -0.870. The molecular weight excluding hydrogens is 1030 g/mol. The first kappa shape index (κ1) is 79.5. The predicted octanol–water partition coefficient (Wildman–Crippen LogP) is 22.3. The maximum absolute atomic E-state index is 12.8. The zero-order valence-electron chi connectivity index (χ0n) is 54.8. The van der Waals surface area contributed by atoms with Crippen LogP contribution in [0.3, 0.4) is 0 Å². The summed E-state index contributed by atoms with van der Waals surface area (Å²) in [6.45, 7) is 4.26. The van der Waals surface area contributed by atoms with Crippen LogP contribution in [0.5, 0.6) is 0 Å². The first-order chi connectivity index (χ1) is 39.5. The molecular formula is C71H138NO8P. The molecule has 0 aliphatic heterocycles. The molecule has 0 N–H and O–H groups in total. The summed E-state index contributed by atoms with van der Waals surface area (Å²) in [7, 11) is 1.17. The minimum atomic E-state index is -4.64. The van der Waals surface area contributed by atoms with E-state index in [4.69, 9.17) is 18.5 Å². The Morgan fingerprint density at radius 3 is 0.988 bits per heavy atom. The number of hydrogen-bond donors (Lipinski definition) is 0. The van der Waals surface area contributed by atoms with E-state index in [1.807, 2.05) is 21.1 Å². The lowest BCUT2D eigenvalue weighted by Crippen LogP contribution is -2.37. The second-order valence-corrected chi connectivity index (χ2v) is 27.0. The van der Waals surface area contributed by atoms with Gasteiger partial charge in [-0.15, -0.1) is 0 Å². The van der Waals surface area contributed by atoms with Crippen molar-refractivity contribution in [3.8, 4) is 0 Å². The summed E-state index contributed by atoms with van der Waals surface area (Å²) >= 11 is 0. The molecule has 0 aromatic carbocycles. The Bertz CT molecular complexity index is 1420. The van der Waals surface area contributed by atoms with Crippen LogP contribution in [0.2, 0.25) is 0 Å². The number of unbranched alkanes of at least 4 members (excludes halogenated alkanes) is 49. The van der Waals surface area contributed by atoms with Gasteiger partial charge in [0.1, 0.15) is 19.8 Å². The van der Waals surface area contributed by atoms with Crippen LogP contribution < -0.4 is 4.89 Å². The van der Waals surface area contributed by atoms with Crippen molar-refractivity contribution in [3.63, 3.8) is 0 Å². The van der Waals surface area contributed by atoms with Gasteiger partial charge in [0.15, 0.2) is 6.10 Å². The number of hydrogen-bond acceptors (Lipinski definition) is 8. The van der Waals surface area contributed by atoms with E-state index in [2.05, 4.69) is 38.2 Å². The fourth-order valence-corrected chi connectivity index (χ4v) is 11.5. The topological polar surface area (TPSA) is 111 Å². The summed E-state index contributed by atoms with van der Waals surface area (Å²) in [5.41, 5.74) is 0. The Labute approximate surface area is 504 Å². The number of esters is 2. The van der Waals surface area contributed by atoms with Crippen LogP contribution in [-0.4, -0.2) is 70.0 Å². The first-order valence-electron chi connectivity index (χ1n) is 35.5. The number of nitrogens with zero attached hydrogens (tertiary/aromatic N) is 1. The largest absolute Gasteiger partial charge is 0.756 e. The Kier molecular flexibility index (Phi) is 61.8. The van der Waals surface area contributed by atoms with E-state index < -0.39 is 26.5 Å². The Hall–Kier alpha value is -1.51. The molecule has 0 heterocycles. The van der Waals surface area contributed by atoms with Crippen LogP contribution >= 0.6 is 7.82 Å². The Morgan fingerprint density at radius 2 is 0.667 bits per heavy atom. The number of allylic oxidation sites excluding steroid dienone is 4. The van der Waals surface area contributed by atoms with Gasteiger partial charge in [-0.2, -0.15) is 0 Å². The smallest absolute Gasteiger partial charge is 0.306 e. The predicted molar refractivity (Wildman–Crippen MR) is 347 cm³/mol. The first-order valence-corrected chi connectivity index (χ1v) is 37.0. The van der Waals surface area contributed by atoms with Gasteiger partial charge in [0.05, 0.1) is 27.7 Å². The van der Waals surface area contributed by atoms with Gasteiger partial charge in [-0.25, -0.2) is 0 Å². The van der Waals surface area contributed by atoms with Crippen LogP contribution in [-0.2, 0) is 32.7 Å². The normalized spacial score (nSPS) is 13.2. The van der Waals surface area contributed by atoms with E-state index >= 15 is 0 Å². The molecule has 2 unspecified atom stereocenters. The molecule has 0 bridgehead atoms. The number of rotatable bonds is 67. The zero-order chi connectivity index (χ0) is 59.1. The second-order valence-electron chi connectivity index (χ2n) is 25.6. The molecule has 0 rings (SSSR count). The molecule has 0 radical (unpaired) electrons. The average Bonchev–Trinajstić information content (AvgIpc) is 3.43. The van der Waals surface area contributed by atoms with E-state index in [1.165, 1.54) is 276 Å². The molecule has 2 atom stereocenters. The molecule has 81 heavy (non-hydrogen) atoms. The van der Waals surface area contributed by atoms with Crippen LogP contribution in [0.15, 0.2) is 24.3 Å². The van der Waals surface area contributed by atoms with E-state index in [0.717, 1.165) is 57.8 Å². The van der Waals surface area contributed by atoms with Gasteiger partial charge in [0.2, 0.25) is 0 Å². The Balaban J connectivity index is 3.81. The van der Waals surface area contributed by atoms with Gasteiger partial charge in [-0.3, -0.25) is 14.2 Å². The van der Waals surface area contributed by atoms with Gasteiger partial charge >= 0.3 is 11.9 Å². The van der Waals surface area contributed by atoms with Crippen molar-refractivity contribution in [2.75, 3.05) is 47.5 Å². The quantitative estimate of drug-likeness (QED) is 0.0195. The minimum absolute atomic E-state index is 0.0313. The molecule has 0 amide bonds.